The third-order valence-corrected chi connectivity index (χ3v) is 4.69. The number of rotatable bonds is 12. The third kappa shape index (κ3) is 5.77. The van der Waals surface area contributed by atoms with Crippen molar-refractivity contribution in [2.75, 3.05) is 44.8 Å². The second-order valence-corrected chi connectivity index (χ2v) is 6.84. The fourth-order valence-electron chi connectivity index (χ4n) is 3.35. The largest absolute Gasteiger partial charge is 0.389 e. The predicted octanol–water partition coefficient (Wildman–Crippen LogP) is 3.55. The van der Waals surface area contributed by atoms with Crippen molar-refractivity contribution in [3.05, 3.63) is 35.6 Å². The van der Waals surface area contributed by atoms with Gasteiger partial charge in [-0.3, -0.25) is 4.90 Å². The van der Waals surface area contributed by atoms with Crippen LogP contribution in [0.2, 0.25) is 0 Å². The first-order valence-corrected chi connectivity index (χ1v) is 9.92. The highest BCUT2D eigenvalue weighted by Gasteiger charge is 2.24. The molecule has 0 fully saturated rings. The van der Waals surface area contributed by atoms with Crippen molar-refractivity contribution < 1.29 is 18.8 Å². The van der Waals surface area contributed by atoms with Crippen LogP contribution < -0.4 is 4.90 Å². The molecule has 1 heterocycles. The normalized spacial score (nSPS) is 12.5. The zero-order valence-corrected chi connectivity index (χ0v) is 17.3. The van der Waals surface area contributed by atoms with E-state index in [2.05, 4.69) is 35.7 Å². The number of hydrogen-bond donors (Lipinski definition) is 1. The van der Waals surface area contributed by atoms with Gasteiger partial charge in [0.25, 0.3) is 0 Å². The maximum absolute atomic E-state index is 13.4. The molecular formula is C21H32FN3O3. The number of aliphatic hydroxyl groups excluding tert-OH is 1. The Hall–Kier alpha value is -1.96. The van der Waals surface area contributed by atoms with Crippen molar-refractivity contribution in [2.24, 2.45) is 0 Å². The van der Waals surface area contributed by atoms with E-state index in [-0.39, 0.29) is 12.4 Å². The summed E-state index contributed by atoms with van der Waals surface area (Å²) in [4.78, 5) is 4.29. The lowest BCUT2D eigenvalue weighted by atomic mass is 10.1. The van der Waals surface area contributed by atoms with Gasteiger partial charge in [-0.2, -0.15) is 0 Å². The highest BCUT2D eigenvalue weighted by molar-refractivity contribution is 5.68. The lowest BCUT2D eigenvalue weighted by molar-refractivity contribution is 0.0358. The van der Waals surface area contributed by atoms with Gasteiger partial charge in [-0.1, -0.05) is 12.1 Å². The molecule has 0 aliphatic carbocycles. The predicted molar refractivity (Wildman–Crippen MR) is 109 cm³/mol. The Kier molecular flexibility index (Phi) is 8.89. The van der Waals surface area contributed by atoms with Crippen LogP contribution in [0.4, 0.5) is 10.3 Å². The summed E-state index contributed by atoms with van der Waals surface area (Å²) in [7, 11) is 1.58. The van der Waals surface area contributed by atoms with E-state index in [9.17, 15) is 9.50 Å². The minimum Gasteiger partial charge on any atom is -0.389 e. The van der Waals surface area contributed by atoms with E-state index in [0.29, 0.717) is 18.8 Å². The number of aliphatic hydroxyl groups is 1. The highest BCUT2D eigenvalue weighted by Crippen LogP contribution is 2.32. The molecular weight excluding hydrogens is 361 g/mol. The number of hydrogen-bond acceptors (Lipinski definition) is 6. The van der Waals surface area contributed by atoms with Gasteiger partial charge in [0.1, 0.15) is 11.5 Å². The number of aromatic nitrogens is 1. The molecule has 7 heteroatoms. The quantitative estimate of drug-likeness (QED) is 0.595. The molecule has 0 aliphatic heterocycles. The number of methoxy groups -OCH3 is 1. The van der Waals surface area contributed by atoms with Gasteiger partial charge in [0.15, 0.2) is 0 Å². The van der Waals surface area contributed by atoms with Crippen molar-refractivity contribution in [3.63, 3.8) is 0 Å². The molecule has 1 atom stereocenters. The maximum atomic E-state index is 13.4. The van der Waals surface area contributed by atoms with Crippen molar-refractivity contribution in [3.8, 4) is 11.3 Å². The maximum Gasteiger partial charge on any atom is 0.232 e. The highest BCUT2D eigenvalue weighted by atomic mass is 19.1. The van der Waals surface area contributed by atoms with Crippen LogP contribution in [0, 0.1) is 5.82 Å². The minimum absolute atomic E-state index is 0.284. The smallest absolute Gasteiger partial charge is 0.232 e. The molecule has 1 aromatic carbocycles. The van der Waals surface area contributed by atoms with Crippen molar-refractivity contribution >= 4 is 5.88 Å². The summed E-state index contributed by atoms with van der Waals surface area (Å²) in [5.74, 6) is 0.444. The van der Waals surface area contributed by atoms with E-state index in [4.69, 9.17) is 9.26 Å². The lowest BCUT2D eigenvalue weighted by Gasteiger charge is -2.26. The van der Waals surface area contributed by atoms with Crippen molar-refractivity contribution in [1.82, 2.24) is 10.1 Å². The van der Waals surface area contributed by atoms with E-state index < -0.39 is 6.10 Å². The Bertz CT molecular complexity index is 701. The Labute approximate surface area is 166 Å². The number of halogens is 1. The molecule has 6 nitrogen and oxygen atoms in total. The number of anilines is 1. The molecule has 0 saturated heterocycles. The van der Waals surface area contributed by atoms with Crippen LogP contribution in [-0.2, 0) is 11.3 Å². The van der Waals surface area contributed by atoms with Crippen LogP contribution in [-0.4, -0.2) is 61.2 Å². The Morgan fingerprint density at radius 1 is 1.18 bits per heavy atom. The van der Waals surface area contributed by atoms with Gasteiger partial charge in [-0.15, -0.1) is 0 Å². The van der Waals surface area contributed by atoms with E-state index in [1.807, 2.05) is 0 Å². The summed E-state index contributed by atoms with van der Waals surface area (Å²) in [5.41, 5.74) is 2.48. The first kappa shape index (κ1) is 22.3. The summed E-state index contributed by atoms with van der Waals surface area (Å²) in [6.07, 6.45) is 0.389. The minimum atomic E-state index is -0.567. The van der Waals surface area contributed by atoms with Crippen molar-refractivity contribution in [1.29, 1.82) is 0 Å². The van der Waals surface area contributed by atoms with Crippen LogP contribution in [0.15, 0.2) is 28.8 Å². The van der Waals surface area contributed by atoms with Crippen LogP contribution in [0.1, 0.15) is 32.8 Å². The topological polar surface area (TPSA) is 62.0 Å². The summed E-state index contributed by atoms with van der Waals surface area (Å²) in [5, 5.41) is 14.5. The van der Waals surface area contributed by atoms with Gasteiger partial charge in [0.2, 0.25) is 5.88 Å². The summed E-state index contributed by atoms with van der Waals surface area (Å²) in [6.45, 7) is 10.0. The molecule has 0 amide bonds. The second kappa shape index (κ2) is 11.1. The Morgan fingerprint density at radius 3 is 2.43 bits per heavy atom. The molecule has 0 aliphatic rings. The van der Waals surface area contributed by atoms with Crippen LogP contribution >= 0.6 is 0 Å². The molecule has 1 unspecified atom stereocenters. The van der Waals surface area contributed by atoms with Gasteiger partial charge < -0.3 is 19.3 Å². The van der Waals surface area contributed by atoms with E-state index in [1.54, 1.807) is 19.2 Å². The fourth-order valence-corrected chi connectivity index (χ4v) is 3.35. The summed E-state index contributed by atoms with van der Waals surface area (Å²) in [6, 6.07) is 6.29. The first-order chi connectivity index (χ1) is 13.5. The van der Waals surface area contributed by atoms with Crippen LogP contribution in [0.25, 0.3) is 11.3 Å². The molecule has 1 N–H and O–H groups in total. The van der Waals surface area contributed by atoms with Gasteiger partial charge in [-0.05, 0) is 51.1 Å². The van der Waals surface area contributed by atoms with E-state index in [0.717, 1.165) is 43.1 Å². The summed E-state index contributed by atoms with van der Waals surface area (Å²) >= 11 is 0. The summed E-state index contributed by atoms with van der Waals surface area (Å²) < 4.78 is 24.2. The number of ether oxygens (including phenoxy) is 1. The zero-order valence-electron chi connectivity index (χ0n) is 17.3. The molecule has 2 rings (SSSR count). The fraction of sp³-hybridized carbons (Fsp3) is 0.571. The molecule has 0 radical (unpaired) electrons. The molecule has 28 heavy (non-hydrogen) atoms. The average molecular weight is 394 g/mol. The van der Waals surface area contributed by atoms with Gasteiger partial charge in [0.05, 0.1) is 18.3 Å². The monoisotopic (exact) mass is 393 g/mol. The van der Waals surface area contributed by atoms with Gasteiger partial charge >= 0.3 is 0 Å². The van der Waals surface area contributed by atoms with Gasteiger partial charge in [0, 0.05) is 38.9 Å². The van der Waals surface area contributed by atoms with Crippen LogP contribution in [0.3, 0.4) is 0 Å². The third-order valence-electron chi connectivity index (χ3n) is 4.69. The van der Waals surface area contributed by atoms with E-state index in [1.165, 1.54) is 12.1 Å². The second-order valence-electron chi connectivity index (χ2n) is 6.84. The van der Waals surface area contributed by atoms with Crippen LogP contribution in [0.5, 0.6) is 0 Å². The van der Waals surface area contributed by atoms with E-state index >= 15 is 0 Å². The van der Waals surface area contributed by atoms with Crippen molar-refractivity contribution in [2.45, 2.75) is 39.8 Å². The SMILES string of the molecule is CCCN(Cc1c(-c2ccc(F)cc2)noc1N(CC)CC)CC(O)COC. The molecule has 0 bridgehead atoms. The molecule has 2 aromatic rings. The lowest BCUT2D eigenvalue weighted by Crippen LogP contribution is -2.35. The average Bonchev–Trinajstić information content (AvgIpc) is 3.07. The zero-order chi connectivity index (χ0) is 20.5. The number of nitrogens with zero attached hydrogens (tertiary/aromatic N) is 3. The number of benzene rings is 1. The molecule has 1 aromatic heterocycles. The Balaban J connectivity index is 2.39. The standard InChI is InChI=1S/C21H32FN3O3/c1-5-12-24(13-18(26)15-27-4)14-19-20(16-8-10-17(22)11-9-16)23-28-21(19)25(6-2)7-3/h8-11,18,26H,5-7,12-15H2,1-4H3. The molecule has 0 spiro atoms. The Morgan fingerprint density at radius 2 is 1.86 bits per heavy atom. The molecule has 156 valence electrons. The molecule has 0 saturated carbocycles. The van der Waals surface area contributed by atoms with Gasteiger partial charge in [-0.25, -0.2) is 4.39 Å². The first-order valence-electron chi connectivity index (χ1n) is 9.92.